The van der Waals surface area contributed by atoms with Gasteiger partial charge < -0.3 is 15.5 Å². The van der Waals surface area contributed by atoms with Gasteiger partial charge in [0.1, 0.15) is 0 Å². The van der Waals surface area contributed by atoms with Gasteiger partial charge in [-0.2, -0.15) is 0 Å². The predicted molar refractivity (Wildman–Crippen MR) is 133 cm³/mol. The molecule has 176 valence electrons. The Bertz CT molecular complexity index is 670. The third-order valence-electron chi connectivity index (χ3n) is 5.06. The molecule has 0 radical (unpaired) electrons. The summed E-state index contributed by atoms with van der Waals surface area (Å²) in [6.07, 6.45) is 14.2. The molecule has 2 N–H and O–H groups in total. The Hall–Kier alpha value is -2.14. The van der Waals surface area contributed by atoms with E-state index in [-0.39, 0.29) is 11.8 Å². The summed E-state index contributed by atoms with van der Waals surface area (Å²) in [6.45, 7) is 11.6. The number of unbranched alkanes of at least 4 members (excludes halogenated alkanes) is 3. The number of carbonyl (C=O) groups excluding carboxylic acids is 2. The molecule has 0 aliphatic carbocycles. The molecule has 0 aliphatic rings. The van der Waals surface area contributed by atoms with E-state index in [1.54, 1.807) is 0 Å². The highest BCUT2D eigenvalue weighted by atomic mass is 16.2. The Balaban J connectivity index is 4.91. The molecule has 0 saturated carbocycles. The van der Waals surface area contributed by atoms with Gasteiger partial charge in [-0.3, -0.25) is 9.59 Å². The second-order valence-electron chi connectivity index (χ2n) is 8.15. The van der Waals surface area contributed by atoms with Crippen LogP contribution in [0.1, 0.15) is 79.6 Å². The minimum Gasteiger partial charge on any atom is -0.352 e. The summed E-state index contributed by atoms with van der Waals surface area (Å²) in [7, 11) is 4.18. The van der Waals surface area contributed by atoms with Crippen molar-refractivity contribution in [1.29, 1.82) is 0 Å². The molecule has 0 unspecified atom stereocenters. The van der Waals surface area contributed by atoms with E-state index in [4.69, 9.17) is 0 Å². The Morgan fingerprint density at radius 3 is 2.10 bits per heavy atom. The lowest BCUT2D eigenvalue weighted by Crippen LogP contribution is -2.28. The van der Waals surface area contributed by atoms with Gasteiger partial charge in [0, 0.05) is 23.4 Å². The minimum atomic E-state index is -0.123. The molecule has 0 rings (SSSR count). The zero-order valence-corrected chi connectivity index (χ0v) is 20.9. The van der Waals surface area contributed by atoms with Gasteiger partial charge in [-0.05, 0) is 73.2 Å². The topological polar surface area (TPSA) is 61.4 Å². The smallest absolute Gasteiger partial charge is 0.251 e. The molecule has 0 heterocycles. The summed E-state index contributed by atoms with van der Waals surface area (Å²) in [6, 6.07) is 0. The molecule has 0 bridgehead atoms. The summed E-state index contributed by atoms with van der Waals surface area (Å²) >= 11 is 0. The number of hydrogen-bond acceptors (Lipinski definition) is 3. The lowest BCUT2D eigenvalue weighted by Gasteiger charge is -2.12. The van der Waals surface area contributed by atoms with Crippen molar-refractivity contribution < 1.29 is 9.59 Å². The van der Waals surface area contributed by atoms with Crippen LogP contribution in [0, 0.1) is 0 Å². The Kier molecular flexibility index (Phi) is 16.3. The molecule has 0 aromatic carbocycles. The second kappa shape index (κ2) is 17.5. The van der Waals surface area contributed by atoms with Crippen molar-refractivity contribution in [3.8, 4) is 0 Å². The van der Waals surface area contributed by atoms with Crippen molar-refractivity contribution >= 4 is 11.8 Å². The summed E-state index contributed by atoms with van der Waals surface area (Å²) in [4.78, 5) is 27.5. The quantitative estimate of drug-likeness (QED) is 0.211. The number of hydrogen-bond donors (Lipinski definition) is 2. The van der Waals surface area contributed by atoms with Crippen LogP contribution < -0.4 is 10.6 Å². The summed E-state index contributed by atoms with van der Waals surface area (Å²) in [5.74, 6) is -0.165. The van der Waals surface area contributed by atoms with Crippen LogP contribution in [0.5, 0.6) is 0 Å². The monoisotopic (exact) mass is 431 g/mol. The van der Waals surface area contributed by atoms with E-state index in [2.05, 4.69) is 36.6 Å². The highest BCUT2D eigenvalue weighted by Crippen LogP contribution is 2.12. The van der Waals surface area contributed by atoms with E-state index in [0.29, 0.717) is 30.7 Å². The van der Waals surface area contributed by atoms with Crippen LogP contribution in [-0.4, -0.2) is 43.9 Å². The van der Waals surface area contributed by atoms with Crippen molar-refractivity contribution in [3.05, 3.63) is 46.7 Å². The fourth-order valence-corrected chi connectivity index (χ4v) is 3.02. The molecule has 2 amide bonds. The molecule has 0 aromatic heterocycles. The van der Waals surface area contributed by atoms with Gasteiger partial charge in [-0.25, -0.2) is 0 Å². The summed E-state index contributed by atoms with van der Waals surface area (Å²) in [5.41, 5.74) is 3.14. The molecule has 5 nitrogen and oxygen atoms in total. The van der Waals surface area contributed by atoms with Crippen LogP contribution in [0.2, 0.25) is 0 Å². The largest absolute Gasteiger partial charge is 0.352 e. The van der Waals surface area contributed by atoms with Crippen molar-refractivity contribution in [2.75, 3.05) is 27.2 Å². The summed E-state index contributed by atoms with van der Waals surface area (Å²) < 4.78 is 0. The Morgan fingerprint density at radius 1 is 0.871 bits per heavy atom. The van der Waals surface area contributed by atoms with Crippen molar-refractivity contribution in [1.82, 2.24) is 15.5 Å². The first-order chi connectivity index (χ1) is 14.8. The van der Waals surface area contributed by atoms with Gasteiger partial charge >= 0.3 is 0 Å². The maximum absolute atomic E-state index is 12.7. The zero-order chi connectivity index (χ0) is 23.6. The maximum atomic E-state index is 12.7. The minimum absolute atomic E-state index is 0.0419. The number of amides is 2. The zero-order valence-electron chi connectivity index (χ0n) is 20.9. The van der Waals surface area contributed by atoms with E-state index in [1.807, 2.05) is 52.0 Å². The highest BCUT2D eigenvalue weighted by molar-refractivity contribution is 5.96. The highest BCUT2D eigenvalue weighted by Gasteiger charge is 2.12. The third kappa shape index (κ3) is 13.7. The van der Waals surface area contributed by atoms with Crippen molar-refractivity contribution in [2.45, 2.75) is 79.6 Å². The SMILES string of the molecule is C/C=C(C)\C=C(/CC)C(=O)NC(=C/C)/C=C(\CCC)C(=O)NCCCCCCN(C)C. The lowest BCUT2D eigenvalue weighted by molar-refractivity contribution is -0.118. The maximum Gasteiger partial charge on any atom is 0.251 e. The normalized spacial score (nSPS) is 13.5. The molecule has 0 aliphatic heterocycles. The van der Waals surface area contributed by atoms with Crippen LogP contribution in [0.25, 0.3) is 0 Å². The number of rotatable bonds is 15. The number of nitrogens with zero attached hydrogens (tertiary/aromatic N) is 1. The molecule has 0 atom stereocenters. The second-order valence-corrected chi connectivity index (χ2v) is 8.15. The number of carbonyl (C=O) groups is 2. The van der Waals surface area contributed by atoms with Crippen molar-refractivity contribution in [2.24, 2.45) is 0 Å². The number of nitrogens with one attached hydrogen (secondary N) is 2. The first-order valence-electron chi connectivity index (χ1n) is 11.7. The van der Waals surface area contributed by atoms with E-state index >= 15 is 0 Å². The van der Waals surface area contributed by atoms with E-state index < -0.39 is 0 Å². The first-order valence-corrected chi connectivity index (χ1v) is 11.7. The molecular formula is C26H45N3O2. The Labute approximate surface area is 190 Å². The first kappa shape index (κ1) is 28.9. The van der Waals surface area contributed by atoms with Gasteiger partial charge in [0.15, 0.2) is 0 Å². The van der Waals surface area contributed by atoms with Crippen LogP contribution in [0.4, 0.5) is 0 Å². The van der Waals surface area contributed by atoms with E-state index in [0.717, 1.165) is 37.0 Å². The van der Waals surface area contributed by atoms with Crippen LogP contribution in [0.3, 0.4) is 0 Å². The van der Waals surface area contributed by atoms with Crippen LogP contribution in [0.15, 0.2) is 46.7 Å². The van der Waals surface area contributed by atoms with Crippen LogP contribution in [-0.2, 0) is 9.59 Å². The average Bonchev–Trinajstić information content (AvgIpc) is 2.74. The van der Waals surface area contributed by atoms with Gasteiger partial charge in [0.05, 0.1) is 0 Å². The average molecular weight is 432 g/mol. The molecule has 31 heavy (non-hydrogen) atoms. The standard InChI is InChI=1S/C26H45N3O2/c1-8-16-23(25(30)27-17-14-12-13-15-18-29(6)7)20-24(11-4)28-26(31)22(10-3)19-21(5)9-2/h9,11,19-20H,8,10,12-18H2,1-7H3,(H,27,30)(H,28,31)/b21-9-,22-19+,23-20+,24-11+. The van der Waals surface area contributed by atoms with Gasteiger partial charge in [-0.15, -0.1) is 0 Å². The van der Waals surface area contributed by atoms with Crippen LogP contribution >= 0.6 is 0 Å². The Morgan fingerprint density at radius 2 is 1.55 bits per heavy atom. The van der Waals surface area contributed by atoms with E-state index in [9.17, 15) is 9.59 Å². The number of allylic oxidation sites excluding steroid dienone is 5. The molecule has 0 aromatic rings. The van der Waals surface area contributed by atoms with Gasteiger partial charge in [0.25, 0.3) is 5.91 Å². The summed E-state index contributed by atoms with van der Waals surface area (Å²) in [5, 5.41) is 6.00. The van der Waals surface area contributed by atoms with Gasteiger partial charge in [0.2, 0.25) is 5.91 Å². The molecule has 5 heteroatoms. The predicted octanol–water partition coefficient (Wildman–Crippen LogP) is 5.27. The van der Waals surface area contributed by atoms with Gasteiger partial charge in [-0.1, -0.05) is 56.9 Å². The molecule has 0 spiro atoms. The third-order valence-corrected chi connectivity index (χ3v) is 5.06. The van der Waals surface area contributed by atoms with Crippen molar-refractivity contribution in [3.63, 3.8) is 0 Å². The molecule has 0 fully saturated rings. The fraction of sp³-hybridized carbons (Fsp3) is 0.615. The fourth-order valence-electron chi connectivity index (χ4n) is 3.02. The van der Waals surface area contributed by atoms with E-state index in [1.165, 1.54) is 12.8 Å². The molecule has 0 saturated heterocycles. The lowest BCUT2D eigenvalue weighted by atomic mass is 10.1. The molecular weight excluding hydrogens is 386 g/mol.